The summed E-state index contributed by atoms with van der Waals surface area (Å²) in [7, 11) is -0.311. The van der Waals surface area contributed by atoms with Gasteiger partial charge >= 0.3 is 0 Å². The second kappa shape index (κ2) is 6.20. The van der Waals surface area contributed by atoms with Crippen LogP contribution in [-0.4, -0.2) is 81.2 Å². The van der Waals surface area contributed by atoms with Crippen LogP contribution in [0.1, 0.15) is 19.8 Å². The Hall–Kier alpha value is -0.700. The third kappa shape index (κ3) is 3.08. The molecule has 1 N–H and O–H groups in total. The van der Waals surface area contributed by atoms with Crippen LogP contribution in [0, 0.1) is 5.41 Å². The summed E-state index contributed by atoms with van der Waals surface area (Å²) in [6.45, 7) is 5.38. The zero-order valence-electron chi connectivity index (χ0n) is 13.1. The van der Waals surface area contributed by atoms with Gasteiger partial charge in [-0.1, -0.05) is 6.92 Å². The lowest BCUT2D eigenvalue weighted by molar-refractivity contribution is -0.142. The van der Waals surface area contributed by atoms with Crippen molar-refractivity contribution < 1.29 is 13.2 Å². The number of carbonyl (C=O) groups excluding carboxylic acids is 1. The van der Waals surface area contributed by atoms with Crippen LogP contribution in [0.15, 0.2) is 0 Å². The molecule has 0 aromatic heterocycles. The fourth-order valence-electron chi connectivity index (χ4n) is 3.07. The maximum absolute atomic E-state index is 12.8. The van der Waals surface area contributed by atoms with E-state index in [0.29, 0.717) is 26.2 Å². The van der Waals surface area contributed by atoms with Crippen molar-refractivity contribution in [3.05, 3.63) is 0 Å². The second-order valence-corrected chi connectivity index (χ2v) is 8.18. The first-order valence-electron chi connectivity index (χ1n) is 7.51. The Morgan fingerprint density at radius 2 is 1.86 bits per heavy atom. The van der Waals surface area contributed by atoms with Gasteiger partial charge in [-0.3, -0.25) is 4.79 Å². The minimum Gasteiger partial charge on any atom is -0.340 e. The summed E-state index contributed by atoms with van der Waals surface area (Å²) >= 11 is 0. The third-order valence-corrected chi connectivity index (χ3v) is 6.63. The van der Waals surface area contributed by atoms with Gasteiger partial charge in [-0.15, -0.1) is 0 Å². The highest BCUT2D eigenvalue weighted by atomic mass is 32.2. The molecular formula is C13H26N4O3S. The van der Waals surface area contributed by atoms with Crippen LogP contribution in [-0.2, 0) is 15.0 Å². The van der Waals surface area contributed by atoms with Crippen molar-refractivity contribution in [2.75, 3.05) is 53.4 Å². The molecular weight excluding hydrogens is 292 g/mol. The maximum atomic E-state index is 12.8. The zero-order chi connectivity index (χ0) is 15.7. The minimum absolute atomic E-state index is 0.178. The van der Waals surface area contributed by atoms with Crippen molar-refractivity contribution in [2.24, 2.45) is 5.41 Å². The monoisotopic (exact) mass is 318 g/mol. The molecule has 1 atom stereocenters. The van der Waals surface area contributed by atoms with Gasteiger partial charge in [0.1, 0.15) is 0 Å². The van der Waals surface area contributed by atoms with Crippen molar-refractivity contribution in [3.63, 3.8) is 0 Å². The summed E-state index contributed by atoms with van der Waals surface area (Å²) in [6, 6.07) is 0. The number of piperazine rings is 1. The number of carbonyl (C=O) groups is 1. The molecule has 0 aromatic carbocycles. The van der Waals surface area contributed by atoms with Gasteiger partial charge in [-0.05, 0) is 19.4 Å². The zero-order valence-corrected chi connectivity index (χ0v) is 13.9. The van der Waals surface area contributed by atoms with Gasteiger partial charge in [0.2, 0.25) is 5.91 Å². The van der Waals surface area contributed by atoms with Crippen molar-refractivity contribution in [1.82, 2.24) is 18.8 Å². The molecule has 2 fully saturated rings. The molecule has 2 aliphatic heterocycles. The van der Waals surface area contributed by atoms with Gasteiger partial charge in [-0.2, -0.15) is 17.0 Å². The van der Waals surface area contributed by atoms with Crippen LogP contribution in [0.3, 0.4) is 0 Å². The van der Waals surface area contributed by atoms with Crippen LogP contribution in [0.4, 0.5) is 0 Å². The van der Waals surface area contributed by atoms with Crippen LogP contribution < -0.4 is 5.32 Å². The number of nitrogens with zero attached hydrogens (tertiary/aromatic N) is 3. The Kier molecular flexibility index (Phi) is 4.92. The molecule has 0 radical (unpaired) electrons. The van der Waals surface area contributed by atoms with E-state index in [4.69, 9.17) is 0 Å². The van der Waals surface area contributed by atoms with E-state index in [9.17, 15) is 13.2 Å². The first-order valence-corrected chi connectivity index (χ1v) is 8.91. The first-order chi connectivity index (χ1) is 9.83. The van der Waals surface area contributed by atoms with E-state index in [1.165, 1.54) is 22.7 Å². The summed E-state index contributed by atoms with van der Waals surface area (Å²) in [5.74, 6) is 0.178. The van der Waals surface area contributed by atoms with Gasteiger partial charge in [-0.25, -0.2) is 0 Å². The molecule has 0 saturated carbocycles. The average molecular weight is 318 g/mol. The lowest BCUT2D eigenvalue weighted by Gasteiger charge is -2.39. The Bertz CT molecular complexity index is 478. The molecule has 1 amide bonds. The van der Waals surface area contributed by atoms with E-state index in [1.54, 1.807) is 0 Å². The van der Waals surface area contributed by atoms with Crippen molar-refractivity contribution in [3.8, 4) is 0 Å². The van der Waals surface area contributed by atoms with Gasteiger partial charge in [0, 0.05) is 46.8 Å². The highest BCUT2D eigenvalue weighted by Crippen LogP contribution is 2.32. The van der Waals surface area contributed by atoms with E-state index in [0.717, 1.165) is 25.9 Å². The van der Waals surface area contributed by atoms with Gasteiger partial charge < -0.3 is 10.2 Å². The number of hydrogen-bond acceptors (Lipinski definition) is 4. The highest BCUT2D eigenvalue weighted by Gasteiger charge is 2.43. The Labute approximate surface area is 127 Å². The van der Waals surface area contributed by atoms with Crippen LogP contribution in [0.25, 0.3) is 0 Å². The SMILES string of the molecule is CCC1(C(=O)N2CCN(S(=O)(=O)N(C)C)CC2)CCNC1. The lowest BCUT2D eigenvalue weighted by Crippen LogP contribution is -2.56. The second-order valence-electron chi connectivity index (χ2n) is 6.04. The van der Waals surface area contributed by atoms with Crippen molar-refractivity contribution >= 4 is 16.1 Å². The Morgan fingerprint density at radius 1 is 1.24 bits per heavy atom. The predicted octanol–water partition coefficient (Wildman–Crippen LogP) is -0.673. The van der Waals surface area contributed by atoms with Gasteiger partial charge in [0.15, 0.2) is 0 Å². The molecule has 21 heavy (non-hydrogen) atoms. The van der Waals surface area contributed by atoms with Crippen LogP contribution in [0.5, 0.6) is 0 Å². The fourth-order valence-corrected chi connectivity index (χ4v) is 4.15. The van der Waals surface area contributed by atoms with E-state index < -0.39 is 10.2 Å². The highest BCUT2D eigenvalue weighted by molar-refractivity contribution is 7.86. The molecule has 7 nitrogen and oxygen atoms in total. The van der Waals surface area contributed by atoms with E-state index in [1.807, 2.05) is 4.90 Å². The van der Waals surface area contributed by atoms with Crippen molar-refractivity contribution in [1.29, 1.82) is 0 Å². The van der Waals surface area contributed by atoms with Crippen molar-refractivity contribution in [2.45, 2.75) is 19.8 Å². The quantitative estimate of drug-likeness (QED) is 0.746. The molecule has 8 heteroatoms. The molecule has 0 spiro atoms. The van der Waals surface area contributed by atoms with E-state index in [2.05, 4.69) is 12.2 Å². The molecule has 2 heterocycles. The van der Waals surface area contributed by atoms with E-state index >= 15 is 0 Å². The van der Waals surface area contributed by atoms with Gasteiger partial charge in [0.25, 0.3) is 10.2 Å². The summed E-state index contributed by atoms with van der Waals surface area (Å²) in [6.07, 6.45) is 1.70. The third-order valence-electron chi connectivity index (χ3n) is 4.69. The topological polar surface area (TPSA) is 73.0 Å². The number of nitrogens with one attached hydrogen (secondary N) is 1. The van der Waals surface area contributed by atoms with Gasteiger partial charge in [0.05, 0.1) is 5.41 Å². The number of amides is 1. The molecule has 2 saturated heterocycles. The maximum Gasteiger partial charge on any atom is 0.281 e. The molecule has 1 unspecified atom stereocenters. The largest absolute Gasteiger partial charge is 0.340 e. The molecule has 122 valence electrons. The van der Waals surface area contributed by atoms with Crippen LogP contribution >= 0.6 is 0 Å². The molecule has 0 bridgehead atoms. The normalized spacial score (nSPS) is 28.3. The molecule has 2 aliphatic rings. The smallest absolute Gasteiger partial charge is 0.281 e. The average Bonchev–Trinajstić information content (AvgIpc) is 2.96. The number of rotatable bonds is 4. The van der Waals surface area contributed by atoms with Crippen LogP contribution in [0.2, 0.25) is 0 Å². The molecule has 2 rings (SSSR count). The summed E-state index contributed by atoms with van der Waals surface area (Å²) in [5, 5.41) is 3.27. The summed E-state index contributed by atoms with van der Waals surface area (Å²) < 4.78 is 26.8. The molecule has 0 aliphatic carbocycles. The lowest BCUT2D eigenvalue weighted by atomic mass is 9.82. The minimum atomic E-state index is -3.37. The fraction of sp³-hybridized carbons (Fsp3) is 0.923. The standard InChI is InChI=1S/C13H26N4O3S/c1-4-13(5-6-14-11-13)12(18)16-7-9-17(10-8-16)21(19,20)15(2)3/h14H,4-11H2,1-3H3. The summed E-state index contributed by atoms with van der Waals surface area (Å²) in [5.41, 5.74) is -0.289. The molecule has 0 aromatic rings. The number of hydrogen-bond donors (Lipinski definition) is 1. The van der Waals surface area contributed by atoms with E-state index in [-0.39, 0.29) is 11.3 Å². The first kappa shape index (κ1) is 16.7. The Balaban J connectivity index is 2.00. The Morgan fingerprint density at radius 3 is 2.29 bits per heavy atom. The summed E-state index contributed by atoms with van der Waals surface area (Å²) in [4.78, 5) is 14.6. The predicted molar refractivity (Wildman–Crippen MR) is 81.0 cm³/mol.